The van der Waals surface area contributed by atoms with Crippen molar-refractivity contribution in [2.75, 3.05) is 6.54 Å². The van der Waals surface area contributed by atoms with Crippen LogP contribution >= 0.6 is 0 Å². The van der Waals surface area contributed by atoms with Gasteiger partial charge in [-0.05, 0) is 36.8 Å². The Bertz CT molecular complexity index is 583. The van der Waals surface area contributed by atoms with Crippen molar-refractivity contribution in [1.82, 2.24) is 10.3 Å². The molecule has 2 N–H and O–H groups in total. The van der Waals surface area contributed by atoms with E-state index in [1.54, 1.807) is 0 Å². The fraction of sp³-hybridized carbons (Fsp3) is 0.500. The molecule has 112 valence electrons. The van der Waals surface area contributed by atoms with Crippen molar-refractivity contribution in [3.05, 3.63) is 36.0 Å². The van der Waals surface area contributed by atoms with Crippen LogP contribution in [0.15, 0.2) is 30.3 Å². The summed E-state index contributed by atoms with van der Waals surface area (Å²) in [5.74, 6) is 1.65. The summed E-state index contributed by atoms with van der Waals surface area (Å²) in [6, 6.07) is 9.90. The van der Waals surface area contributed by atoms with Crippen LogP contribution < -0.4 is 5.32 Å². The lowest BCUT2D eigenvalue weighted by molar-refractivity contribution is 0.0945. The first-order chi connectivity index (χ1) is 10.2. The number of H-pyrrole nitrogens is 1. The predicted octanol–water partition coefficient (Wildman–Crippen LogP) is 4.11. The number of hydrogen-bond donors (Lipinski definition) is 2. The highest BCUT2D eigenvalue weighted by atomic mass is 16.1. The quantitative estimate of drug-likeness (QED) is 0.871. The maximum absolute atomic E-state index is 12.2. The lowest BCUT2D eigenvalue weighted by Crippen LogP contribution is -2.27. The zero-order valence-corrected chi connectivity index (χ0v) is 12.7. The van der Waals surface area contributed by atoms with E-state index in [2.05, 4.69) is 17.2 Å². The van der Waals surface area contributed by atoms with Gasteiger partial charge >= 0.3 is 0 Å². The highest BCUT2D eigenvalue weighted by Gasteiger charge is 2.18. The van der Waals surface area contributed by atoms with E-state index in [0.29, 0.717) is 5.69 Å². The number of benzene rings is 1. The second-order valence-electron chi connectivity index (χ2n) is 6.45. The monoisotopic (exact) mass is 284 g/mol. The van der Waals surface area contributed by atoms with Gasteiger partial charge in [0.15, 0.2) is 0 Å². The molecule has 0 saturated heterocycles. The Hall–Kier alpha value is -1.77. The fourth-order valence-electron chi connectivity index (χ4n) is 3.50. The summed E-state index contributed by atoms with van der Waals surface area (Å²) >= 11 is 0. The topological polar surface area (TPSA) is 44.9 Å². The lowest BCUT2D eigenvalue weighted by atomic mass is 9.81. The molecule has 1 aromatic carbocycles. The molecular formula is C18H24N2O. The summed E-state index contributed by atoms with van der Waals surface area (Å²) in [4.78, 5) is 15.4. The fourth-order valence-corrected chi connectivity index (χ4v) is 3.50. The first-order valence-electron chi connectivity index (χ1n) is 8.08. The van der Waals surface area contributed by atoms with Crippen molar-refractivity contribution in [3.63, 3.8) is 0 Å². The molecule has 1 aliphatic carbocycles. The molecule has 3 nitrogen and oxygen atoms in total. The minimum Gasteiger partial charge on any atom is -0.351 e. The largest absolute Gasteiger partial charge is 0.351 e. The molecule has 21 heavy (non-hydrogen) atoms. The summed E-state index contributed by atoms with van der Waals surface area (Å²) in [6.45, 7) is 3.13. The third kappa shape index (κ3) is 3.46. The number of aromatic amines is 1. The Kier molecular flexibility index (Phi) is 4.28. The first kappa shape index (κ1) is 14.2. The van der Waals surface area contributed by atoms with Crippen molar-refractivity contribution < 1.29 is 4.79 Å². The van der Waals surface area contributed by atoms with Gasteiger partial charge in [-0.25, -0.2) is 0 Å². The van der Waals surface area contributed by atoms with Crippen LogP contribution in [-0.2, 0) is 0 Å². The second-order valence-corrected chi connectivity index (χ2v) is 6.45. The Morgan fingerprint density at radius 3 is 3.00 bits per heavy atom. The highest BCUT2D eigenvalue weighted by Crippen LogP contribution is 2.30. The zero-order valence-electron chi connectivity index (χ0n) is 12.7. The van der Waals surface area contributed by atoms with Crippen LogP contribution in [0.1, 0.15) is 49.5 Å². The molecule has 0 radical (unpaired) electrons. The number of para-hydroxylation sites is 1. The summed E-state index contributed by atoms with van der Waals surface area (Å²) in [6.07, 6.45) is 6.48. The summed E-state index contributed by atoms with van der Waals surface area (Å²) in [7, 11) is 0. The lowest BCUT2D eigenvalue weighted by Gasteiger charge is -2.26. The van der Waals surface area contributed by atoms with Crippen LogP contribution in [-0.4, -0.2) is 17.4 Å². The summed E-state index contributed by atoms with van der Waals surface area (Å²) in [5, 5.41) is 4.14. The van der Waals surface area contributed by atoms with Gasteiger partial charge in [0, 0.05) is 17.4 Å². The van der Waals surface area contributed by atoms with Crippen molar-refractivity contribution in [2.45, 2.75) is 39.0 Å². The third-order valence-electron chi connectivity index (χ3n) is 4.66. The van der Waals surface area contributed by atoms with Crippen molar-refractivity contribution in [1.29, 1.82) is 0 Å². The minimum absolute atomic E-state index is 0.00931. The zero-order chi connectivity index (χ0) is 14.7. The van der Waals surface area contributed by atoms with Crippen molar-refractivity contribution >= 4 is 16.8 Å². The molecule has 0 bridgehead atoms. The van der Waals surface area contributed by atoms with E-state index in [1.165, 1.54) is 25.7 Å². The number of aromatic nitrogens is 1. The minimum atomic E-state index is 0.00931. The normalized spacial score (nSPS) is 22.3. The second kappa shape index (κ2) is 6.33. The van der Waals surface area contributed by atoms with Gasteiger partial charge in [0.2, 0.25) is 0 Å². The average molecular weight is 284 g/mol. The molecule has 1 fully saturated rings. The van der Waals surface area contributed by atoms with E-state index in [1.807, 2.05) is 30.3 Å². The molecule has 0 spiro atoms. The summed E-state index contributed by atoms with van der Waals surface area (Å²) < 4.78 is 0. The molecule has 2 unspecified atom stereocenters. The number of nitrogens with one attached hydrogen (secondary N) is 2. The number of rotatable bonds is 4. The highest BCUT2D eigenvalue weighted by molar-refractivity contribution is 5.97. The molecule has 1 aliphatic rings. The molecule has 3 heteroatoms. The number of carbonyl (C=O) groups excluding carboxylic acids is 1. The van der Waals surface area contributed by atoms with E-state index in [9.17, 15) is 4.79 Å². The van der Waals surface area contributed by atoms with Crippen LogP contribution in [0.4, 0.5) is 0 Å². The Balaban J connectivity index is 1.52. The third-order valence-corrected chi connectivity index (χ3v) is 4.66. The van der Waals surface area contributed by atoms with E-state index in [-0.39, 0.29) is 5.91 Å². The van der Waals surface area contributed by atoms with Gasteiger partial charge in [0.25, 0.3) is 5.91 Å². The Morgan fingerprint density at radius 1 is 1.33 bits per heavy atom. The number of hydrogen-bond acceptors (Lipinski definition) is 1. The molecule has 1 saturated carbocycles. The maximum atomic E-state index is 12.2. The molecule has 1 aromatic heterocycles. The van der Waals surface area contributed by atoms with E-state index >= 15 is 0 Å². The van der Waals surface area contributed by atoms with Gasteiger partial charge in [-0.2, -0.15) is 0 Å². The first-order valence-corrected chi connectivity index (χ1v) is 8.08. The van der Waals surface area contributed by atoms with Gasteiger partial charge < -0.3 is 10.3 Å². The van der Waals surface area contributed by atoms with E-state index in [0.717, 1.165) is 35.7 Å². The van der Waals surface area contributed by atoms with Crippen LogP contribution in [0.25, 0.3) is 10.9 Å². The van der Waals surface area contributed by atoms with Gasteiger partial charge in [-0.3, -0.25) is 4.79 Å². The molecule has 1 heterocycles. The molecule has 3 rings (SSSR count). The molecule has 2 atom stereocenters. The number of amides is 1. The van der Waals surface area contributed by atoms with Crippen molar-refractivity contribution in [2.24, 2.45) is 11.8 Å². The Morgan fingerprint density at radius 2 is 2.19 bits per heavy atom. The van der Waals surface area contributed by atoms with Gasteiger partial charge in [0.05, 0.1) is 0 Å². The Labute approximate surface area is 126 Å². The van der Waals surface area contributed by atoms with Gasteiger partial charge in [0.1, 0.15) is 5.69 Å². The standard InChI is InChI=1S/C18H24N2O/c1-13-5-4-6-14(11-13)9-10-19-18(21)17-12-15-7-2-3-8-16(15)20-17/h2-3,7-8,12-14,20H,4-6,9-11H2,1H3,(H,19,21). The molecule has 1 amide bonds. The van der Waals surface area contributed by atoms with Crippen LogP contribution in [0.5, 0.6) is 0 Å². The van der Waals surface area contributed by atoms with Crippen LogP contribution in [0.2, 0.25) is 0 Å². The molecule has 2 aromatic rings. The van der Waals surface area contributed by atoms with E-state index in [4.69, 9.17) is 0 Å². The molecule has 0 aliphatic heterocycles. The van der Waals surface area contributed by atoms with Crippen LogP contribution in [0.3, 0.4) is 0 Å². The predicted molar refractivity (Wildman–Crippen MR) is 86.4 cm³/mol. The number of fused-ring (bicyclic) bond motifs is 1. The molecular weight excluding hydrogens is 260 g/mol. The van der Waals surface area contributed by atoms with Gasteiger partial charge in [-0.1, -0.05) is 44.4 Å². The maximum Gasteiger partial charge on any atom is 0.267 e. The van der Waals surface area contributed by atoms with E-state index < -0.39 is 0 Å². The summed E-state index contributed by atoms with van der Waals surface area (Å²) in [5.41, 5.74) is 1.68. The smallest absolute Gasteiger partial charge is 0.267 e. The number of carbonyl (C=O) groups is 1. The average Bonchev–Trinajstić information content (AvgIpc) is 2.91. The van der Waals surface area contributed by atoms with Crippen molar-refractivity contribution in [3.8, 4) is 0 Å². The van der Waals surface area contributed by atoms with Crippen LogP contribution in [0, 0.1) is 11.8 Å². The van der Waals surface area contributed by atoms with Gasteiger partial charge in [-0.15, -0.1) is 0 Å². The SMILES string of the molecule is CC1CCCC(CCNC(=O)c2cc3ccccc3[nH]2)C1.